The molecule has 3 aromatic rings. The molecular formula is C21H22N2O3S. The minimum absolute atomic E-state index is 0.0780. The van der Waals surface area contributed by atoms with E-state index < -0.39 is 0 Å². The van der Waals surface area contributed by atoms with E-state index in [1.165, 1.54) is 11.3 Å². The standard InChI is InChI=1S/C21H22N2O3S/c1-4-23(13-15-10-11-18(25-2)19(12-15)26-3)21(24)17-14-27-20(22-17)16-8-6-5-7-9-16/h5-12,14H,4,13H2,1-3H3. The SMILES string of the molecule is CCN(Cc1ccc(OC)c(OC)c1)C(=O)c1csc(-c2ccccc2)n1. The summed E-state index contributed by atoms with van der Waals surface area (Å²) in [5.74, 6) is 1.24. The van der Waals surface area contributed by atoms with E-state index in [4.69, 9.17) is 9.47 Å². The van der Waals surface area contributed by atoms with Crippen LogP contribution >= 0.6 is 11.3 Å². The number of carbonyl (C=O) groups is 1. The highest BCUT2D eigenvalue weighted by atomic mass is 32.1. The molecule has 0 aliphatic heterocycles. The summed E-state index contributed by atoms with van der Waals surface area (Å²) in [6.45, 7) is 3.03. The van der Waals surface area contributed by atoms with E-state index in [0.29, 0.717) is 30.3 Å². The molecule has 0 aliphatic rings. The van der Waals surface area contributed by atoms with Crippen molar-refractivity contribution in [1.29, 1.82) is 0 Å². The Bertz CT molecular complexity index is 909. The Morgan fingerprint density at radius 1 is 1.07 bits per heavy atom. The number of aromatic nitrogens is 1. The Kier molecular flexibility index (Phi) is 6.08. The number of amides is 1. The minimum Gasteiger partial charge on any atom is -0.493 e. The predicted molar refractivity (Wildman–Crippen MR) is 108 cm³/mol. The maximum atomic E-state index is 12.9. The van der Waals surface area contributed by atoms with E-state index in [1.807, 2.05) is 60.8 Å². The summed E-state index contributed by atoms with van der Waals surface area (Å²) in [5, 5.41) is 2.67. The Balaban J connectivity index is 1.78. The van der Waals surface area contributed by atoms with Crippen LogP contribution in [0.15, 0.2) is 53.9 Å². The lowest BCUT2D eigenvalue weighted by molar-refractivity contribution is 0.0747. The summed E-state index contributed by atoms with van der Waals surface area (Å²) < 4.78 is 10.6. The van der Waals surface area contributed by atoms with Crippen LogP contribution in [0.2, 0.25) is 0 Å². The van der Waals surface area contributed by atoms with Crippen molar-refractivity contribution in [3.63, 3.8) is 0 Å². The zero-order valence-electron chi connectivity index (χ0n) is 15.6. The van der Waals surface area contributed by atoms with Crippen molar-refractivity contribution in [2.45, 2.75) is 13.5 Å². The second kappa shape index (κ2) is 8.68. The van der Waals surface area contributed by atoms with Gasteiger partial charge < -0.3 is 14.4 Å². The molecular weight excluding hydrogens is 360 g/mol. The van der Waals surface area contributed by atoms with E-state index >= 15 is 0 Å². The summed E-state index contributed by atoms with van der Waals surface area (Å²) in [4.78, 5) is 19.2. The number of benzene rings is 2. The maximum absolute atomic E-state index is 12.9. The molecule has 0 fully saturated rings. The van der Waals surface area contributed by atoms with E-state index in [0.717, 1.165) is 16.1 Å². The zero-order valence-corrected chi connectivity index (χ0v) is 16.5. The molecule has 140 valence electrons. The first kappa shape index (κ1) is 18.9. The average molecular weight is 382 g/mol. The molecule has 0 radical (unpaired) electrons. The summed E-state index contributed by atoms with van der Waals surface area (Å²) >= 11 is 1.48. The van der Waals surface area contributed by atoms with Crippen molar-refractivity contribution in [3.8, 4) is 22.1 Å². The molecule has 3 rings (SSSR count). The predicted octanol–water partition coefficient (Wildman–Crippen LogP) is 4.49. The van der Waals surface area contributed by atoms with Crippen molar-refractivity contribution < 1.29 is 14.3 Å². The highest BCUT2D eigenvalue weighted by Crippen LogP contribution is 2.28. The Hall–Kier alpha value is -2.86. The second-order valence-electron chi connectivity index (χ2n) is 5.91. The number of hydrogen-bond donors (Lipinski definition) is 0. The molecule has 1 heterocycles. The third-order valence-electron chi connectivity index (χ3n) is 4.23. The van der Waals surface area contributed by atoms with Gasteiger partial charge in [0.15, 0.2) is 11.5 Å². The fourth-order valence-corrected chi connectivity index (χ4v) is 3.57. The molecule has 0 N–H and O–H groups in total. The largest absolute Gasteiger partial charge is 0.493 e. The number of ether oxygens (including phenoxy) is 2. The number of thiazole rings is 1. The quantitative estimate of drug-likeness (QED) is 0.604. The smallest absolute Gasteiger partial charge is 0.273 e. The summed E-state index contributed by atoms with van der Waals surface area (Å²) in [6, 6.07) is 15.6. The molecule has 5 nitrogen and oxygen atoms in total. The highest BCUT2D eigenvalue weighted by Gasteiger charge is 2.19. The van der Waals surface area contributed by atoms with Gasteiger partial charge in [0, 0.05) is 24.0 Å². The molecule has 0 saturated heterocycles. The lowest BCUT2D eigenvalue weighted by atomic mass is 10.2. The van der Waals surface area contributed by atoms with E-state index in [2.05, 4.69) is 4.98 Å². The number of methoxy groups -OCH3 is 2. The Morgan fingerprint density at radius 3 is 2.48 bits per heavy atom. The number of nitrogens with zero attached hydrogens (tertiary/aromatic N) is 2. The Labute approximate surface area is 163 Å². The molecule has 0 spiro atoms. The maximum Gasteiger partial charge on any atom is 0.273 e. The normalized spacial score (nSPS) is 10.5. The molecule has 1 aromatic heterocycles. The third kappa shape index (κ3) is 4.28. The molecule has 27 heavy (non-hydrogen) atoms. The van der Waals surface area contributed by atoms with Crippen LogP contribution in [0.4, 0.5) is 0 Å². The van der Waals surface area contributed by atoms with Crippen molar-refractivity contribution in [2.24, 2.45) is 0 Å². The van der Waals surface area contributed by atoms with Crippen molar-refractivity contribution in [2.75, 3.05) is 20.8 Å². The topological polar surface area (TPSA) is 51.7 Å². The van der Waals surface area contributed by atoms with Crippen LogP contribution in [0.5, 0.6) is 11.5 Å². The van der Waals surface area contributed by atoms with Gasteiger partial charge in [0.1, 0.15) is 10.7 Å². The molecule has 0 aliphatic carbocycles. The van der Waals surface area contributed by atoms with Crippen molar-refractivity contribution in [3.05, 3.63) is 65.2 Å². The van der Waals surface area contributed by atoms with Crippen LogP contribution in [0, 0.1) is 0 Å². The van der Waals surface area contributed by atoms with Gasteiger partial charge >= 0.3 is 0 Å². The number of hydrogen-bond acceptors (Lipinski definition) is 5. The second-order valence-corrected chi connectivity index (χ2v) is 6.77. The summed E-state index contributed by atoms with van der Waals surface area (Å²) in [6.07, 6.45) is 0. The Morgan fingerprint density at radius 2 is 1.81 bits per heavy atom. The molecule has 0 saturated carbocycles. The van der Waals surface area contributed by atoms with Crippen LogP contribution in [-0.4, -0.2) is 36.6 Å². The fourth-order valence-electron chi connectivity index (χ4n) is 2.77. The van der Waals surface area contributed by atoms with Crippen LogP contribution in [0.3, 0.4) is 0 Å². The lowest BCUT2D eigenvalue weighted by Crippen LogP contribution is -2.30. The van der Waals surface area contributed by atoms with Gasteiger partial charge in [-0.3, -0.25) is 4.79 Å². The van der Waals surface area contributed by atoms with Gasteiger partial charge in [0.25, 0.3) is 5.91 Å². The van der Waals surface area contributed by atoms with Gasteiger partial charge in [0.2, 0.25) is 0 Å². The first-order valence-electron chi connectivity index (χ1n) is 8.67. The molecule has 0 bridgehead atoms. The molecule has 0 atom stereocenters. The van der Waals surface area contributed by atoms with Gasteiger partial charge in [-0.1, -0.05) is 36.4 Å². The first-order valence-corrected chi connectivity index (χ1v) is 9.55. The molecule has 6 heteroatoms. The molecule has 1 amide bonds. The van der Waals surface area contributed by atoms with Crippen LogP contribution < -0.4 is 9.47 Å². The molecule has 2 aromatic carbocycles. The lowest BCUT2D eigenvalue weighted by Gasteiger charge is -2.20. The van der Waals surface area contributed by atoms with E-state index in [9.17, 15) is 4.79 Å². The van der Waals surface area contributed by atoms with E-state index in [-0.39, 0.29) is 5.91 Å². The van der Waals surface area contributed by atoms with Crippen LogP contribution in [0.25, 0.3) is 10.6 Å². The van der Waals surface area contributed by atoms with Gasteiger partial charge in [-0.05, 0) is 24.6 Å². The van der Waals surface area contributed by atoms with Gasteiger partial charge in [-0.25, -0.2) is 4.98 Å². The zero-order chi connectivity index (χ0) is 19.2. The summed E-state index contributed by atoms with van der Waals surface area (Å²) in [7, 11) is 3.21. The van der Waals surface area contributed by atoms with Crippen molar-refractivity contribution >= 4 is 17.2 Å². The highest BCUT2D eigenvalue weighted by molar-refractivity contribution is 7.13. The third-order valence-corrected chi connectivity index (χ3v) is 5.13. The number of carbonyl (C=O) groups excluding carboxylic acids is 1. The summed E-state index contributed by atoms with van der Waals surface area (Å²) in [5.41, 5.74) is 2.46. The number of rotatable bonds is 7. The van der Waals surface area contributed by atoms with Crippen LogP contribution in [0.1, 0.15) is 23.0 Å². The first-order chi connectivity index (χ1) is 13.2. The van der Waals surface area contributed by atoms with Gasteiger partial charge in [-0.2, -0.15) is 0 Å². The average Bonchev–Trinajstić information content (AvgIpc) is 3.22. The van der Waals surface area contributed by atoms with Gasteiger partial charge in [-0.15, -0.1) is 11.3 Å². The fraction of sp³-hybridized carbons (Fsp3) is 0.238. The van der Waals surface area contributed by atoms with Crippen LogP contribution in [-0.2, 0) is 6.54 Å². The van der Waals surface area contributed by atoms with E-state index in [1.54, 1.807) is 19.1 Å². The minimum atomic E-state index is -0.0780. The van der Waals surface area contributed by atoms with Crippen molar-refractivity contribution in [1.82, 2.24) is 9.88 Å². The monoisotopic (exact) mass is 382 g/mol. The van der Waals surface area contributed by atoms with Gasteiger partial charge in [0.05, 0.1) is 14.2 Å². The molecule has 0 unspecified atom stereocenters.